The molecule has 434 valence electrons. The van der Waals surface area contributed by atoms with E-state index in [0.29, 0.717) is 19.3 Å². The minimum atomic E-state index is -0.778. The lowest BCUT2D eigenvalue weighted by Gasteiger charge is -2.18. The summed E-state index contributed by atoms with van der Waals surface area (Å²) in [6.45, 7) is 6.64. The van der Waals surface area contributed by atoms with E-state index in [-0.39, 0.29) is 31.1 Å². The molecule has 0 amide bonds. The summed E-state index contributed by atoms with van der Waals surface area (Å²) in [6.07, 6.45) is 77.4. The van der Waals surface area contributed by atoms with Gasteiger partial charge in [-0.15, -0.1) is 0 Å². The van der Waals surface area contributed by atoms with Crippen LogP contribution in [0.5, 0.6) is 0 Å². The zero-order chi connectivity index (χ0) is 53.6. The molecule has 0 spiro atoms. The number of carbonyl (C=O) groups excluding carboxylic acids is 3. The van der Waals surface area contributed by atoms with Crippen LogP contribution in [0, 0.1) is 0 Å². The molecule has 0 aliphatic rings. The van der Waals surface area contributed by atoms with Gasteiger partial charge in [0.2, 0.25) is 0 Å². The normalized spacial score (nSPS) is 12.2. The van der Waals surface area contributed by atoms with Gasteiger partial charge in [0, 0.05) is 19.3 Å². The van der Waals surface area contributed by atoms with Gasteiger partial charge in [0.1, 0.15) is 13.2 Å². The molecular formula is C68H126O6. The number of carbonyl (C=O) groups is 3. The Morgan fingerprint density at radius 3 is 0.784 bits per heavy atom. The number of allylic oxidation sites excluding steroid dienone is 6. The predicted molar refractivity (Wildman–Crippen MR) is 321 cm³/mol. The van der Waals surface area contributed by atoms with Crippen LogP contribution in [0.25, 0.3) is 0 Å². The predicted octanol–water partition coefficient (Wildman–Crippen LogP) is 22.4. The SMILES string of the molecule is CCCCC/C=C\C/C=C\CCCCCCCCCC(=O)OC(COC(=O)CCCCCCC/C=C\CCCCC)COC(=O)CCCCCCCCCCCCCCCCCCCCCCCCCCCCC. The Balaban J connectivity index is 4.18. The van der Waals surface area contributed by atoms with Crippen molar-refractivity contribution in [2.45, 2.75) is 367 Å². The zero-order valence-corrected chi connectivity index (χ0v) is 49.9. The van der Waals surface area contributed by atoms with Gasteiger partial charge in [0.05, 0.1) is 0 Å². The van der Waals surface area contributed by atoms with E-state index >= 15 is 0 Å². The van der Waals surface area contributed by atoms with Crippen LogP contribution in [0.4, 0.5) is 0 Å². The second-order valence-electron chi connectivity index (χ2n) is 22.4. The maximum absolute atomic E-state index is 12.9. The fourth-order valence-corrected chi connectivity index (χ4v) is 9.88. The van der Waals surface area contributed by atoms with Crippen LogP contribution in [-0.2, 0) is 28.6 Å². The molecule has 1 unspecified atom stereocenters. The van der Waals surface area contributed by atoms with Crippen molar-refractivity contribution in [1.29, 1.82) is 0 Å². The summed E-state index contributed by atoms with van der Waals surface area (Å²) in [4.78, 5) is 38.3. The van der Waals surface area contributed by atoms with E-state index in [1.807, 2.05) is 0 Å². The molecule has 0 rings (SSSR count). The van der Waals surface area contributed by atoms with Crippen molar-refractivity contribution in [2.24, 2.45) is 0 Å². The quantitative estimate of drug-likeness (QED) is 0.0261. The highest BCUT2D eigenvalue weighted by atomic mass is 16.6. The maximum Gasteiger partial charge on any atom is 0.306 e. The molecule has 0 bridgehead atoms. The zero-order valence-electron chi connectivity index (χ0n) is 49.9. The Kier molecular flexibility index (Phi) is 61.1. The monoisotopic (exact) mass is 1040 g/mol. The largest absolute Gasteiger partial charge is 0.462 e. The molecule has 6 heteroatoms. The molecule has 0 fully saturated rings. The standard InChI is InChI=1S/C68H126O6/c1-4-7-10-13-16-19-22-25-27-29-30-31-32-33-34-35-36-37-38-40-41-43-46-49-52-55-58-61-67(70)73-64-65(63-72-66(69)60-57-54-51-48-45-24-21-18-15-12-9-6-3)74-68(71)62-59-56-53-50-47-44-42-39-28-26-23-20-17-14-11-8-5-2/h17-18,20-21,26,28,65H,4-16,19,22-25,27,29-64H2,1-3H3/b20-17-,21-18-,28-26-. The van der Waals surface area contributed by atoms with E-state index in [9.17, 15) is 14.4 Å². The van der Waals surface area contributed by atoms with E-state index in [1.54, 1.807) is 0 Å². The van der Waals surface area contributed by atoms with Crippen molar-refractivity contribution < 1.29 is 28.6 Å². The van der Waals surface area contributed by atoms with Crippen LogP contribution >= 0.6 is 0 Å². The van der Waals surface area contributed by atoms with Crippen molar-refractivity contribution >= 4 is 17.9 Å². The summed E-state index contributed by atoms with van der Waals surface area (Å²) >= 11 is 0. The Morgan fingerprint density at radius 2 is 0.486 bits per heavy atom. The molecule has 0 radical (unpaired) electrons. The molecule has 1 atom stereocenters. The highest BCUT2D eigenvalue weighted by Crippen LogP contribution is 2.18. The molecule has 0 aliphatic carbocycles. The van der Waals surface area contributed by atoms with Crippen LogP contribution in [0.2, 0.25) is 0 Å². The topological polar surface area (TPSA) is 78.9 Å². The van der Waals surface area contributed by atoms with Crippen molar-refractivity contribution in [1.82, 2.24) is 0 Å². The minimum Gasteiger partial charge on any atom is -0.462 e. The summed E-state index contributed by atoms with van der Waals surface area (Å²) in [6, 6.07) is 0. The van der Waals surface area contributed by atoms with Gasteiger partial charge in [-0.25, -0.2) is 0 Å². The first kappa shape index (κ1) is 71.6. The second kappa shape index (κ2) is 63.2. The van der Waals surface area contributed by atoms with Gasteiger partial charge in [-0.3, -0.25) is 14.4 Å². The molecule has 0 N–H and O–H groups in total. The number of rotatable bonds is 61. The van der Waals surface area contributed by atoms with Gasteiger partial charge >= 0.3 is 17.9 Å². The second-order valence-corrected chi connectivity index (χ2v) is 22.4. The molecule has 0 heterocycles. The van der Waals surface area contributed by atoms with Crippen LogP contribution in [0.3, 0.4) is 0 Å². The average molecular weight is 1040 g/mol. The lowest BCUT2D eigenvalue weighted by Crippen LogP contribution is -2.30. The number of unbranched alkanes of at least 4 members (excludes halogenated alkanes) is 44. The number of hydrogen-bond donors (Lipinski definition) is 0. The third-order valence-corrected chi connectivity index (χ3v) is 14.9. The molecule has 0 aromatic rings. The maximum atomic E-state index is 12.9. The highest BCUT2D eigenvalue weighted by Gasteiger charge is 2.19. The summed E-state index contributed by atoms with van der Waals surface area (Å²) in [7, 11) is 0. The Hall–Kier alpha value is -2.37. The Morgan fingerprint density at radius 1 is 0.270 bits per heavy atom. The van der Waals surface area contributed by atoms with Gasteiger partial charge in [0.15, 0.2) is 6.10 Å². The van der Waals surface area contributed by atoms with Crippen LogP contribution < -0.4 is 0 Å². The van der Waals surface area contributed by atoms with Crippen LogP contribution in [0.1, 0.15) is 361 Å². The third-order valence-electron chi connectivity index (χ3n) is 14.9. The summed E-state index contributed by atoms with van der Waals surface area (Å²) in [5, 5.41) is 0. The van der Waals surface area contributed by atoms with E-state index in [2.05, 4.69) is 57.2 Å². The molecule has 0 aromatic heterocycles. The lowest BCUT2D eigenvalue weighted by atomic mass is 10.0. The summed E-state index contributed by atoms with van der Waals surface area (Å²) in [5.41, 5.74) is 0. The van der Waals surface area contributed by atoms with E-state index in [4.69, 9.17) is 14.2 Å². The average Bonchev–Trinajstić information content (AvgIpc) is 3.40. The molecular weight excluding hydrogens is 913 g/mol. The number of esters is 3. The first-order valence-corrected chi connectivity index (χ1v) is 33.0. The van der Waals surface area contributed by atoms with Gasteiger partial charge in [-0.2, -0.15) is 0 Å². The lowest BCUT2D eigenvalue weighted by molar-refractivity contribution is -0.167. The summed E-state index contributed by atoms with van der Waals surface area (Å²) < 4.78 is 16.9. The Bertz CT molecular complexity index is 1240. The summed E-state index contributed by atoms with van der Waals surface area (Å²) in [5.74, 6) is -0.870. The van der Waals surface area contributed by atoms with Crippen LogP contribution in [0.15, 0.2) is 36.5 Å². The minimum absolute atomic E-state index is 0.0741. The van der Waals surface area contributed by atoms with Gasteiger partial charge < -0.3 is 14.2 Å². The fourth-order valence-electron chi connectivity index (χ4n) is 9.88. The highest BCUT2D eigenvalue weighted by molar-refractivity contribution is 5.71. The van der Waals surface area contributed by atoms with Crippen LogP contribution in [-0.4, -0.2) is 37.2 Å². The molecule has 74 heavy (non-hydrogen) atoms. The molecule has 6 nitrogen and oxygen atoms in total. The molecule has 0 aliphatic heterocycles. The molecule has 0 saturated heterocycles. The Labute approximate surface area is 461 Å². The van der Waals surface area contributed by atoms with E-state index in [0.717, 1.165) is 77.0 Å². The van der Waals surface area contributed by atoms with Gasteiger partial charge in [-0.1, -0.05) is 301 Å². The third kappa shape index (κ3) is 60.5. The van der Waals surface area contributed by atoms with E-state index in [1.165, 1.54) is 244 Å². The number of hydrogen-bond acceptors (Lipinski definition) is 6. The van der Waals surface area contributed by atoms with Crippen molar-refractivity contribution in [3.8, 4) is 0 Å². The van der Waals surface area contributed by atoms with Gasteiger partial charge in [-0.05, 0) is 77.0 Å². The first-order valence-electron chi connectivity index (χ1n) is 33.0. The van der Waals surface area contributed by atoms with Crippen molar-refractivity contribution in [3.63, 3.8) is 0 Å². The van der Waals surface area contributed by atoms with Gasteiger partial charge in [0.25, 0.3) is 0 Å². The fraction of sp³-hybridized carbons (Fsp3) is 0.868. The first-order chi connectivity index (χ1) is 36.5. The smallest absolute Gasteiger partial charge is 0.306 e. The molecule has 0 saturated carbocycles. The molecule has 0 aromatic carbocycles. The van der Waals surface area contributed by atoms with Crippen molar-refractivity contribution in [3.05, 3.63) is 36.5 Å². The van der Waals surface area contributed by atoms with Crippen molar-refractivity contribution in [2.75, 3.05) is 13.2 Å². The number of ether oxygens (including phenoxy) is 3. The van der Waals surface area contributed by atoms with E-state index < -0.39 is 6.10 Å².